The van der Waals surface area contributed by atoms with Crippen molar-refractivity contribution in [3.8, 4) is 11.1 Å². The number of allylic oxidation sites excluding steroid dienone is 1. The van der Waals surface area contributed by atoms with Gasteiger partial charge in [-0.05, 0) is 35.3 Å². The van der Waals surface area contributed by atoms with Gasteiger partial charge in [0.1, 0.15) is 0 Å². The molecule has 0 aliphatic carbocycles. The van der Waals surface area contributed by atoms with E-state index in [-0.39, 0.29) is 17.2 Å². The van der Waals surface area contributed by atoms with Gasteiger partial charge in [0.15, 0.2) is 5.82 Å². The third-order valence-electron chi connectivity index (χ3n) is 4.53. The molecule has 0 radical (unpaired) electrons. The molecule has 0 saturated carbocycles. The highest BCUT2D eigenvalue weighted by Crippen LogP contribution is 2.24. The largest absolute Gasteiger partial charge is 0.478 e. The van der Waals surface area contributed by atoms with Gasteiger partial charge < -0.3 is 5.11 Å². The molecule has 3 aromatic rings. The monoisotopic (exact) mass is 389 g/mol. The molecule has 0 atom stereocenters. The fourth-order valence-corrected chi connectivity index (χ4v) is 2.98. The van der Waals surface area contributed by atoms with Gasteiger partial charge in [-0.25, -0.2) is 14.5 Å². The summed E-state index contributed by atoms with van der Waals surface area (Å²) in [6.07, 6.45) is 5.07. The van der Waals surface area contributed by atoms with Crippen molar-refractivity contribution in [1.29, 1.82) is 0 Å². The van der Waals surface area contributed by atoms with E-state index in [9.17, 15) is 14.7 Å². The van der Waals surface area contributed by atoms with Gasteiger partial charge in [-0.2, -0.15) is 0 Å². The van der Waals surface area contributed by atoms with Crippen molar-refractivity contribution in [2.45, 2.75) is 33.2 Å². The second-order valence-corrected chi connectivity index (χ2v) is 6.59. The Morgan fingerprint density at radius 2 is 1.79 bits per heavy atom. The van der Waals surface area contributed by atoms with Gasteiger partial charge in [-0.1, -0.05) is 62.4 Å². The molecule has 0 aliphatic rings. The van der Waals surface area contributed by atoms with Crippen LogP contribution in [0, 0.1) is 0 Å². The molecule has 0 fully saturated rings. The average molecular weight is 389 g/mol. The van der Waals surface area contributed by atoms with Crippen molar-refractivity contribution in [3.05, 3.63) is 77.4 Å². The Labute approximate surface area is 169 Å². The molecular weight excluding hydrogens is 366 g/mol. The van der Waals surface area contributed by atoms with Crippen LogP contribution in [0.15, 0.2) is 54.6 Å². The smallest absolute Gasteiger partial charge is 0.336 e. The first-order valence-corrected chi connectivity index (χ1v) is 9.59. The van der Waals surface area contributed by atoms with Crippen molar-refractivity contribution in [1.82, 2.24) is 14.8 Å². The number of nitrogens with zero attached hydrogens (tertiary/aromatic N) is 3. The molecule has 0 amide bonds. The van der Waals surface area contributed by atoms with Crippen LogP contribution in [-0.2, 0) is 6.54 Å². The van der Waals surface area contributed by atoms with E-state index in [4.69, 9.17) is 0 Å². The van der Waals surface area contributed by atoms with Gasteiger partial charge in [0.25, 0.3) is 0 Å². The number of aromatic nitrogens is 3. The fourth-order valence-electron chi connectivity index (χ4n) is 2.98. The topological polar surface area (TPSA) is 85.1 Å². The zero-order valence-electron chi connectivity index (χ0n) is 16.5. The zero-order valence-corrected chi connectivity index (χ0v) is 16.5. The van der Waals surface area contributed by atoms with Crippen LogP contribution in [0.3, 0.4) is 0 Å². The van der Waals surface area contributed by atoms with E-state index >= 15 is 0 Å². The molecule has 0 spiro atoms. The first-order chi connectivity index (χ1) is 14.0. The van der Waals surface area contributed by atoms with Gasteiger partial charge >= 0.3 is 5.97 Å². The lowest BCUT2D eigenvalue weighted by Gasteiger charge is -2.08. The predicted molar refractivity (Wildman–Crippen MR) is 112 cm³/mol. The van der Waals surface area contributed by atoms with Gasteiger partial charge in [0.05, 0.1) is 12.1 Å². The van der Waals surface area contributed by atoms with Crippen molar-refractivity contribution in [3.63, 3.8) is 0 Å². The second kappa shape index (κ2) is 9.10. The molecule has 0 aliphatic heterocycles. The van der Waals surface area contributed by atoms with Gasteiger partial charge in [0, 0.05) is 6.42 Å². The van der Waals surface area contributed by atoms with Crippen LogP contribution in [0.4, 0.5) is 0 Å². The maximum absolute atomic E-state index is 12.0. The quantitative estimate of drug-likeness (QED) is 0.564. The minimum absolute atomic E-state index is 0.0875. The molecule has 148 valence electrons. The van der Waals surface area contributed by atoms with Gasteiger partial charge in [-0.3, -0.25) is 4.79 Å². The molecule has 0 saturated heterocycles. The van der Waals surface area contributed by atoms with E-state index in [0.29, 0.717) is 24.4 Å². The van der Waals surface area contributed by atoms with Crippen LogP contribution >= 0.6 is 0 Å². The van der Waals surface area contributed by atoms with Gasteiger partial charge in [0.2, 0.25) is 11.6 Å². The first kappa shape index (κ1) is 20.2. The van der Waals surface area contributed by atoms with E-state index in [2.05, 4.69) is 10.1 Å². The summed E-state index contributed by atoms with van der Waals surface area (Å²) >= 11 is 0. The van der Waals surface area contributed by atoms with Crippen molar-refractivity contribution < 1.29 is 14.7 Å². The second-order valence-electron chi connectivity index (χ2n) is 6.59. The van der Waals surface area contributed by atoms with Crippen LogP contribution in [0.5, 0.6) is 0 Å². The summed E-state index contributed by atoms with van der Waals surface area (Å²) in [4.78, 5) is 27.8. The Bertz CT molecular complexity index is 1050. The maximum atomic E-state index is 12.0. The van der Waals surface area contributed by atoms with Crippen LogP contribution < -0.4 is 0 Å². The number of hydrogen-bond donors (Lipinski definition) is 1. The standard InChI is InChI=1S/C23H23N3O3/c1-3-5-10-21-24-22(20(27)4-2)25-26(21)15-16-11-13-17(14-12-16)18-8-6-7-9-19(18)23(28)29/h5-14H,3-4,15H2,1-2H3,(H,28,29)/b10-5+. The number of carboxylic acid groups (broad SMARTS) is 1. The molecule has 0 unspecified atom stereocenters. The Hall–Kier alpha value is -3.54. The number of carboxylic acids is 1. The summed E-state index contributed by atoms with van der Waals surface area (Å²) in [5, 5.41) is 13.8. The molecule has 1 aromatic heterocycles. The molecule has 1 heterocycles. The van der Waals surface area contributed by atoms with Crippen LogP contribution in [0.25, 0.3) is 17.2 Å². The Morgan fingerprint density at radius 1 is 1.07 bits per heavy atom. The number of hydrogen-bond acceptors (Lipinski definition) is 4. The summed E-state index contributed by atoms with van der Waals surface area (Å²) in [6.45, 7) is 4.29. The summed E-state index contributed by atoms with van der Waals surface area (Å²) in [5.74, 6) is -0.164. The lowest BCUT2D eigenvalue weighted by Crippen LogP contribution is -2.06. The Morgan fingerprint density at radius 3 is 2.45 bits per heavy atom. The molecule has 3 rings (SSSR count). The molecule has 6 heteroatoms. The van der Waals surface area contributed by atoms with Crippen molar-refractivity contribution in [2.75, 3.05) is 0 Å². The van der Waals surface area contributed by atoms with Crippen LogP contribution in [-0.4, -0.2) is 31.6 Å². The Kier molecular flexibility index (Phi) is 6.34. The summed E-state index contributed by atoms with van der Waals surface area (Å²) in [5.41, 5.74) is 2.76. The van der Waals surface area contributed by atoms with E-state index in [1.807, 2.05) is 49.4 Å². The normalized spacial score (nSPS) is 11.1. The average Bonchev–Trinajstić information content (AvgIpc) is 3.14. The van der Waals surface area contributed by atoms with Crippen molar-refractivity contribution in [2.24, 2.45) is 0 Å². The molecular formula is C23H23N3O3. The number of aromatic carboxylic acids is 1. The van der Waals surface area contributed by atoms with E-state index < -0.39 is 5.97 Å². The molecule has 6 nitrogen and oxygen atoms in total. The highest BCUT2D eigenvalue weighted by Gasteiger charge is 2.14. The van der Waals surface area contributed by atoms with Crippen molar-refractivity contribution >= 4 is 17.8 Å². The minimum Gasteiger partial charge on any atom is -0.478 e. The third-order valence-corrected chi connectivity index (χ3v) is 4.53. The third kappa shape index (κ3) is 4.66. The van der Waals surface area contributed by atoms with E-state index in [0.717, 1.165) is 17.5 Å². The lowest BCUT2D eigenvalue weighted by atomic mass is 9.99. The summed E-state index contributed by atoms with van der Waals surface area (Å²) < 4.78 is 1.72. The maximum Gasteiger partial charge on any atom is 0.336 e. The number of benzene rings is 2. The summed E-state index contributed by atoms with van der Waals surface area (Å²) in [6, 6.07) is 14.6. The SMILES string of the molecule is CC/C=C/c1nc(C(=O)CC)nn1Cc1ccc(-c2ccccc2C(=O)O)cc1. The first-order valence-electron chi connectivity index (χ1n) is 9.59. The fraction of sp³-hybridized carbons (Fsp3) is 0.217. The highest BCUT2D eigenvalue weighted by molar-refractivity contribution is 5.96. The molecule has 2 aromatic carbocycles. The number of carbonyl (C=O) groups is 2. The summed E-state index contributed by atoms with van der Waals surface area (Å²) in [7, 11) is 0. The zero-order chi connectivity index (χ0) is 20.8. The Balaban J connectivity index is 1.88. The lowest BCUT2D eigenvalue weighted by molar-refractivity contribution is 0.0697. The number of rotatable bonds is 8. The van der Waals surface area contributed by atoms with Crippen LogP contribution in [0.1, 0.15) is 59.1 Å². The molecule has 1 N–H and O–H groups in total. The van der Waals surface area contributed by atoms with Crippen LogP contribution in [0.2, 0.25) is 0 Å². The number of ketones is 1. The highest BCUT2D eigenvalue weighted by atomic mass is 16.4. The number of Topliss-reactive ketones (excluding diaryl/α,β-unsaturated/α-hetero) is 1. The molecule has 0 bridgehead atoms. The predicted octanol–water partition coefficient (Wildman–Crippen LogP) is 4.71. The van der Waals surface area contributed by atoms with Gasteiger partial charge in [-0.15, -0.1) is 5.10 Å². The minimum atomic E-state index is -0.951. The molecule has 29 heavy (non-hydrogen) atoms. The number of carbonyl (C=O) groups excluding carboxylic acids is 1. The van der Waals surface area contributed by atoms with E-state index in [1.165, 1.54) is 0 Å². The van der Waals surface area contributed by atoms with E-state index in [1.54, 1.807) is 29.8 Å².